The van der Waals surface area contributed by atoms with Crippen LogP contribution in [0.2, 0.25) is 0 Å². The van der Waals surface area contributed by atoms with E-state index in [4.69, 9.17) is 4.74 Å². The first-order valence-electron chi connectivity index (χ1n) is 7.51. The van der Waals surface area contributed by atoms with E-state index in [0.717, 1.165) is 24.0 Å². The van der Waals surface area contributed by atoms with Crippen LogP contribution < -0.4 is 20.7 Å². The molecule has 1 aromatic carbocycles. The molecule has 0 unspecified atom stereocenters. The van der Waals surface area contributed by atoms with E-state index in [0.29, 0.717) is 18.0 Å². The zero-order valence-electron chi connectivity index (χ0n) is 13.8. The van der Waals surface area contributed by atoms with Crippen LogP contribution in [0.5, 0.6) is 5.75 Å². The van der Waals surface area contributed by atoms with Gasteiger partial charge in [0.05, 0.1) is 12.8 Å². The minimum Gasteiger partial charge on any atom is -0.495 e. The van der Waals surface area contributed by atoms with Crippen LogP contribution >= 0.6 is 24.0 Å². The van der Waals surface area contributed by atoms with Gasteiger partial charge in [0.2, 0.25) is 5.91 Å². The number of aliphatic imine (C=N–C) groups is 1. The van der Waals surface area contributed by atoms with E-state index in [-0.39, 0.29) is 29.9 Å². The highest BCUT2D eigenvalue weighted by Gasteiger charge is 2.21. The first-order chi connectivity index (χ1) is 10.6. The number of nitrogens with zero attached hydrogens (tertiary/aromatic N) is 1. The number of hydrogen-bond donors (Lipinski definition) is 3. The lowest BCUT2D eigenvalue weighted by molar-refractivity contribution is -0.114. The van der Waals surface area contributed by atoms with Gasteiger partial charge in [-0.15, -0.1) is 24.0 Å². The second kappa shape index (κ2) is 9.59. The Morgan fingerprint density at radius 3 is 2.65 bits per heavy atom. The Labute approximate surface area is 154 Å². The average Bonchev–Trinajstić information content (AvgIpc) is 3.31. The number of amides is 1. The van der Waals surface area contributed by atoms with Gasteiger partial charge in [-0.1, -0.05) is 6.07 Å². The average molecular weight is 432 g/mol. The van der Waals surface area contributed by atoms with Crippen molar-refractivity contribution >= 4 is 41.5 Å². The van der Waals surface area contributed by atoms with Gasteiger partial charge in [0, 0.05) is 27.1 Å². The van der Waals surface area contributed by atoms with Gasteiger partial charge in [0.25, 0.3) is 0 Å². The predicted molar refractivity (Wildman–Crippen MR) is 104 cm³/mol. The van der Waals surface area contributed by atoms with Gasteiger partial charge in [0.1, 0.15) is 5.75 Å². The van der Waals surface area contributed by atoms with Gasteiger partial charge in [-0.25, -0.2) is 0 Å². The maximum Gasteiger partial charge on any atom is 0.221 e. The molecule has 0 bridgehead atoms. The second-order valence-electron chi connectivity index (χ2n) is 5.47. The molecule has 1 amide bonds. The van der Waals surface area contributed by atoms with E-state index in [1.807, 2.05) is 18.2 Å². The zero-order valence-corrected chi connectivity index (χ0v) is 16.1. The van der Waals surface area contributed by atoms with Crippen LogP contribution in [0, 0.1) is 5.92 Å². The number of guanidine groups is 1. The number of ether oxygens (including phenoxy) is 1. The lowest BCUT2D eigenvalue weighted by Crippen LogP contribution is -2.37. The molecule has 6 nitrogen and oxygen atoms in total. The summed E-state index contributed by atoms with van der Waals surface area (Å²) >= 11 is 0. The van der Waals surface area contributed by atoms with Crippen LogP contribution in [0.15, 0.2) is 23.2 Å². The van der Waals surface area contributed by atoms with Crippen molar-refractivity contribution < 1.29 is 9.53 Å². The Bertz CT molecular complexity index is 559. The molecule has 0 aromatic heterocycles. The van der Waals surface area contributed by atoms with Crippen molar-refractivity contribution in [3.63, 3.8) is 0 Å². The maximum absolute atomic E-state index is 11.2. The van der Waals surface area contributed by atoms with Gasteiger partial charge in [-0.05, 0) is 36.5 Å². The molecule has 0 atom stereocenters. The Kier molecular flexibility index (Phi) is 8.15. The van der Waals surface area contributed by atoms with Crippen LogP contribution in [-0.4, -0.2) is 32.6 Å². The molecule has 7 heteroatoms. The zero-order chi connectivity index (χ0) is 15.9. The van der Waals surface area contributed by atoms with E-state index in [2.05, 4.69) is 20.9 Å². The second-order valence-corrected chi connectivity index (χ2v) is 5.47. The molecule has 0 heterocycles. The molecule has 1 fully saturated rings. The summed E-state index contributed by atoms with van der Waals surface area (Å²) < 4.78 is 5.25. The van der Waals surface area contributed by atoms with Gasteiger partial charge in [-0.3, -0.25) is 9.79 Å². The number of methoxy groups -OCH3 is 1. The number of halogens is 1. The van der Waals surface area contributed by atoms with Crippen LogP contribution in [0.3, 0.4) is 0 Å². The number of nitrogens with one attached hydrogen (secondary N) is 3. The molecule has 23 heavy (non-hydrogen) atoms. The highest BCUT2D eigenvalue weighted by molar-refractivity contribution is 14.0. The monoisotopic (exact) mass is 432 g/mol. The summed E-state index contributed by atoms with van der Waals surface area (Å²) in [7, 11) is 3.35. The number of benzene rings is 1. The molecule has 0 radical (unpaired) electrons. The molecule has 0 saturated heterocycles. The Morgan fingerprint density at radius 1 is 1.35 bits per heavy atom. The molecular formula is C16H25IN4O2. The van der Waals surface area contributed by atoms with Crippen LogP contribution in [-0.2, 0) is 11.3 Å². The predicted octanol–water partition coefficient (Wildman–Crippen LogP) is 2.35. The highest BCUT2D eigenvalue weighted by Crippen LogP contribution is 2.27. The number of hydrogen-bond acceptors (Lipinski definition) is 3. The van der Waals surface area contributed by atoms with E-state index in [1.165, 1.54) is 19.8 Å². The summed E-state index contributed by atoms with van der Waals surface area (Å²) in [5, 5.41) is 9.36. The smallest absolute Gasteiger partial charge is 0.221 e. The van der Waals surface area contributed by atoms with Crippen LogP contribution in [0.4, 0.5) is 5.69 Å². The SMILES string of the molecule is CN=C(NCc1ccc(OC)c(NC(C)=O)c1)NCC1CC1.I. The Balaban J connectivity index is 0.00000264. The first kappa shape index (κ1) is 19.5. The summed E-state index contributed by atoms with van der Waals surface area (Å²) in [4.78, 5) is 15.5. The van der Waals surface area contributed by atoms with Crippen molar-refractivity contribution in [2.24, 2.45) is 10.9 Å². The third-order valence-corrected chi connectivity index (χ3v) is 3.51. The van der Waals surface area contributed by atoms with E-state index in [1.54, 1.807) is 14.2 Å². The lowest BCUT2D eigenvalue weighted by atomic mass is 10.2. The normalized spacial score (nSPS) is 13.8. The number of rotatable bonds is 6. The summed E-state index contributed by atoms with van der Waals surface area (Å²) in [5.41, 5.74) is 1.72. The summed E-state index contributed by atoms with van der Waals surface area (Å²) in [6, 6.07) is 5.72. The lowest BCUT2D eigenvalue weighted by Gasteiger charge is -2.14. The Hall–Kier alpha value is -1.51. The van der Waals surface area contributed by atoms with Crippen LogP contribution in [0.1, 0.15) is 25.3 Å². The fourth-order valence-electron chi connectivity index (χ4n) is 2.12. The van der Waals surface area contributed by atoms with Crippen molar-refractivity contribution in [3.05, 3.63) is 23.8 Å². The summed E-state index contributed by atoms with van der Waals surface area (Å²) in [6.45, 7) is 3.08. The molecular weight excluding hydrogens is 407 g/mol. The first-order valence-corrected chi connectivity index (χ1v) is 7.51. The highest BCUT2D eigenvalue weighted by atomic mass is 127. The minimum atomic E-state index is -0.120. The Morgan fingerprint density at radius 2 is 2.09 bits per heavy atom. The standard InChI is InChI=1S/C16H24N4O2.HI/c1-11(21)20-14-8-13(6-7-15(14)22-3)10-19-16(17-2)18-9-12-4-5-12;/h6-8,12H,4-5,9-10H2,1-3H3,(H,20,21)(H2,17,18,19);1H. The summed E-state index contributed by atoms with van der Waals surface area (Å²) in [5.74, 6) is 2.12. The van der Waals surface area contributed by atoms with Crippen LogP contribution in [0.25, 0.3) is 0 Å². The van der Waals surface area contributed by atoms with Crippen molar-refractivity contribution in [1.29, 1.82) is 0 Å². The van der Waals surface area contributed by atoms with E-state index in [9.17, 15) is 4.79 Å². The van der Waals surface area contributed by atoms with Gasteiger partial charge in [-0.2, -0.15) is 0 Å². The third-order valence-electron chi connectivity index (χ3n) is 3.51. The van der Waals surface area contributed by atoms with Crippen molar-refractivity contribution in [3.8, 4) is 5.75 Å². The molecule has 0 spiro atoms. The summed E-state index contributed by atoms with van der Waals surface area (Å²) in [6.07, 6.45) is 2.62. The number of anilines is 1. The van der Waals surface area contributed by atoms with Gasteiger partial charge in [0.15, 0.2) is 5.96 Å². The maximum atomic E-state index is 11.2. The van der Waals surface area contributed by atoms with E-state index < -0.39 is 0 Å². The van der Waals surface area contributed by atoms with Crippen molar-refractivity contribution in [1.82, 2.24) is 10.6 Å². The largest absolute Gasteiger partial charge is 0.495 e. The van der Waals surface area contributed by atoms with Crippen molar-refractivity contribution in [2.45, 2.75) is 26.3 Å². The van der Waals surface area contributed by atoms with Gasteiger partial charge >= 0.3 is 0 Å². The number of carbonyl (C=O) groups is 1. The molecule has 1 aliphatic rings. The fraction of sp³-hybridized carbons (Fsp3) is 0.500. The van der Waals surface area contributed by atoms with Gasteiger partial charge < -0.3 is 20.7 Å². The number of carbonyl (C=O) groups excluding carboxylic acids is 1. The molecule has 128 valence electrons. The fourth-order valence-corrected chi connectivity index (χ4v) is 2.12. The third kappa shape index (κ3) is 6.64. The van der Waals surface area contributed by atoms with E-state index >= 15 is 0 Å². The molecule has 0 aliphatic heterocycles. The molecule has 1 saturated carbocycles. The molecule has 3 N–H and O–H groups in total. The molecule has 2 rings (SSSR count). The quantitative estimate of drug-likeness (QED) is 0.367. The van der Waals surface area contributed by atoms with Crippen molar-refractivity contribution in [2.75, 3.05) is 26.0 Å². The minimum absolute atomic E-state index is 0. The topological polar surface area (TPSA) is 74.8 Å². The molecule has 1 aromatic rings. The molecule has 1 aliphatic carbocycles.